The molecule has 4 aromatic rings. The Kier molecular flexibility index (Phi) is 5.74. The Morgan fingerprint density at radius 2 is 1.30 bits per heavy atom. The number of nitrogens with two attached hydrogens (primary N) is 1. The zero-order valence-electron chi connectivity index (χ0n) is 16.7. The van der Waals surface area contributed by atoms with Gasteiger partial charge in [-0.05, 0) is 35.1 Å². The van der Waals surface area contributed by atoms with Gasteiger partial charge < -0.3 is 5.73 Å². The smallest absolute Gasteiger partial charge is 0.137 e. The normalized spacial score (nSPS) is 12.3. The zero-order valence-corrected chi connectivity index (χ0v) is 16.7. The molecule has 1 heterocycles. The van der Waals surface area contributed by atoms with Crippen molar-refractivity contribution in [3.8, 4) is 6.07 Å². The summed E-state index contributed by atoms with van der Waals surface area (Å²) < 4.78 is 2.04. The van der Waals surface area contributed by atoms with Gasteiger partial charge >= 0.3 is 0 Å². The van der Waals surface area contributed by atoms with E-state index in [0.717, 1.165) is 22.3 Å². The number of hydrogen-bond donors (Lipinski definition) is 1. The Morgan fingerprint density at radius 1 is 0.833 bits per heavy atom. The third-order valence-corrected chi connectivity index (χ3v) is 5.46. The number of aryl methyl sites for hydroxylation is 1. The van der Waals surface area contributed by atoms with Crippen LogP contribution in [0, 0.1) is 11.3 Å². The Morgan fingerprint density at radius 3 is 1.73 bits per heavy atom. The first-order valence-electron chi connectivity index (χ1n) is 10.1. The van der Waals surface area contributed by atoms with Gasteiger partial charge in [-0.1, -0.05) is 91.0 Å². The fourth-order valence-electron chi connectivity index (χ4n) is 3.99. The van der Waals surface area contributed by atoms with E-state index in [9.17, 15) is 0 Å². The molecule has 0 radical (unpaired) electrons. The van der Waals surface area contributed by atoms with Crippen molar-refractivity contribution in [1.82, 2.24) is 9.78 Å². The lowest BCUT2D eigenvalue weighted by molar-refractivity contribution is 0.459. The SMILES string of the molecule is N#CC(N)CCc1cnn(C(c2ccccc2)(c2ccccc2)c2ccccc2)c1. The average molecular weight is 393 g/mol. The summed E-state index contributed by atoms with van der Waals surface area (Å²) >= 11 is 0. The van der Waals surface area contributed by atoms with Crippen LogP contribution in [0.3, 0.4) is 0 Å². The maximum Gasteiger partial charge on any atom is 0.137 e. The number of hydrogen-bond acceptors (Lipinski definition) is 3. The van der Waals surface area contributed by atoms with Crippen LogP contribution in [-0.4, -0.2) is 15.8 Å². The lowest BCUT2D eigenvalue weighted by atomic mass is 9.77. The molecule has 30 heavy (non-hydrogen) atoms. The largest absolute Gasteiger partial charge is 0.316 e. The van der Waals surface area contributed by atoms with Crippen LogP contribution in [-0.2, 0) is 12.0 Å². The first-order valence-corrected chi connectivity index (χ1v) is 10.1. The Bertz CT molecular complexity index is 1020. The van der Waals surface area contributed by atoms with E-state index in [1.54, 1.807) is 0 Å². The van der Waals surface area contributed by atoms with E-state index in [0.29, 0.717) is 12.8 Å². The second-order valence-electron chi connectivity index (χ2n) is 7.38. The van der Waals surface area contributed by atoms with Crippen LogP contribution in [0.15, 0.2) is 103 Å². The van der Waals surface area contributed by atoms with E-state index in [1.807, 2.05) is 29.1 Å². The first-order chi connectivity index (χ1) is 14.7. The van der Waals surface area contributed by atoms with Crippen LogP contribution in [0.5, 0.6) is 0 Å². The maximum atomic E-state index is 9.00. The number of benzene rings is 3. The molecule has 0 spiro atoms. The number of nitrogens with zero attached hydrogens (tertiary/aromatic N) is 3. The highest BCUT2D eigenvalue weighted by Gasteiger charge is 2.39. The maximum absolute atomic E-state index is 9.00. The summed E-state index contributed by atoms with van der Waals surface area (Å²) in [6, 6.07) is 33.0. The van der Waals surface area contributed by atoms with E-state index in [4.69, 9.17) is 16.1 Å². The lowest BCUT2D eigenvalue weighted by Crippen LogP contribution is -2.38. The fraction of sp³-hybridized carbons (Fsp3) is 0.154. The van der Waals surface area contributed by atoms with E-state index in [2.05, 4.69) is 85.1 Å². The highest BCUT2D eigenvalue weighted by atomic mass is 15.3. The number of nitriles is 1. The summed E-state index contributed by atoms with van der Waals surface area (Å²) in [6.45, 7) is 0. The molecule has 4 rings (SSSR count). The molecule has 0 aliphatic carbocycles. The fourth-order valence-corrected chi connectivity index (χ4v) is 3.99. The summed E-state index contributed by atoms with van der Waals surface area (Å²) in [7, 11) is 0. The predicted molar refractivity (Wildman–Crippen MR) is 119 cm³/mol. The molecule has 0 aliphatic rings. The summed E-state index contributed by atoms with van der Waals surface area (Å²) in [5.41, 5.74) is 9.64. The van der Waals surface area contributed by atoms with Gasteiger partial charge in [0.1, 0.15) is 5.54 Å². The van der Waals surface area contributed by atoms with Gasteiger partial charge in [0.2, 0.25) is 0 Å². The molecule has 0 saturated carbocycles. The van der Waals surface area contributed by atoms with Gasteiger partial charge in [0, 0.05) is 6.20 Å². The monoisotopic (exact) mass is 392 g/mol. The van der Waals surface area contributed by atoms with Crippen molar-refractivity contribution in [2.45, 2.75) is 24.4 Å². The van der Waals surface area contributed by atoms with E-state index in [1.165, 1.54) is 0 Å². The molecule has 0 fully saturated rings. The molecular formula is C26H24N4. The average Bonchev–Trinajstić information content (AvgIpc) is 3.29. The van der Waals surface area contributed by atoms with Crippen LogP contribution < -0.4 is 5.73 Å². The quantitative estimate of drug-likeness (QED) is 0.471. The second-order valence-corrected chi connectivity index (χ2v) is 7.38. The molecular weight excluding hydrogens is 368 g/mol. The first kappa shape index (κ1) is 19.6. The predicted octanol–water partition coefficient (Wildman–Crippen LogP) is 4.51. The molecule has 4 heteroatoms. The van der Waals surface area contributed by atoms with Crippen molar-refractivity contribution >= 4 is 0 Å². The van der Waals surface area contributed by atoms with Crippen molar-refractivity contribution in [3.05, 3.63) is 126 Å². The molecule has 1 atom stereocenters. The molecule has 0 amide bonds. The van der Waals surface area contributed by atoms with Crippen molar-refractivity contribution in [2.24, 2.45) is 5.73 Å². The highest BCUT2D eigenvalue weighted by molar-refractivity contribution is 5.50. The van der Waals surface area contributed by atoms with Crippen LogP contribution in [0.4, 0.5) is 0 Å². The molecule has 4 nitrogen and oxygen atoms in total. The Balaban J connectivity index is 1.93. The number of aromatic nitrogens is 2. The Labute approximate surface area is 177 Å². The molecule has 1 unspecified atom stereocenters. The van der Waals surface area contributed by atoms with Gasteiger partial charge in [0.05, 0.1) is 18.3 Å². The van der Waals surface area contributed by atoms with E-state index < -0.39 is 11.6 Å². The van der Waals surface area contributed by atoms with Crippen molar-refractivity contribution in [2.75, 3.05) is 0 Å². The van der Waals surface area contributed by atoms with Gasteiger partial charge in [-0.15, -0.1) is 0 Å². The minimum Gasteiger partial charge on any atom is -0.316 e. The molecule has 3 aromatic carbocycles. The molecule has 148 valence electrons. The third kappa shape index (κ3) is 3.63. The van der Waals surface area contributed by atoms with Gasteiger partial charge in [0.15, 0.2) is 0 Å². The molecule has 0 saturated heterocycles. The van der Waals surface area contributed by atoms with Gasteiger partial charge in [0.25, 0.3) is 0 Å². The minimum absolute atomic E-state index is 0.463. The van der Waals surface area contributed by atoms with Crippen molar-refractivity contribution in [3.63, 3.8) is 0 Å². The van der Waals surface area contributed by atoms with Crippen molar-refractivity contribution in [1.29, 1.82) is 5.26 Å². The summed E-state index contributed by atoms with van der Waals surface area (Å²) in [5, 5.41) is 13.8. The topological polar surface area (TPSA) is 67.6 Å². The summed E-state index contributed by atoms with van der Waals surface area (Å²) in [6.07, 6.45) is 5.28. The molecule has 0 bridgehead atoms. The van der Waals surface area contributed by atoms with Gasteiger partial charge in [-0.2, -0.15) is 10.4 Å². The van der Waals surface area contributed by atoms with E-state index in [-0.39, 0.29) is 0 Å². The van der Waals surface area contributed by atoms with Crippen LogP contribution in [0.25, 0.3) is 0 Å². The second kappa shape index (κ2) is 8.77. The van der Waals surface area contributed by atoms with Crippen LogP contribution >= 0.6 is 0 Å². The summed E-state index contributed by atoms with van der Waals surface area (Å²) in [5.74, 6) is 0. The van der Waals surface area contributed by atoms with Crippen LogP contribution in [0.1, 0.15) is 28.7 Å². The zero-order chi connectivity index (χ0) is 20.8. The minimum atomic E-state index is -0.612. The number of rotatable bonds is 7. The molecule has 1 aromatic heterocycles. The third-order valence-electron chi connectivity index (χ3n) is 5.46. The molecule has 0 aliphatic heterocycles. The van der Waals surface area contributed by atoms with Gasteiger partial charge in [-0.3, -0.25) is 4.68 Å². The standard InChI is InChI=1S/C26H24N4/c27-18-25(28)17-16-21-19-29-30(20-21)26(22-10-4-1-5-11-22,23-12-6-2-7-13-23)24-14-8-3-9-15-24/h1-15,19-20,25H,16-17,28H2. The highest BCUT2D eigenvalue weighted by Crippen LogP contribution is 2.40. The molecule has 2 N–H and O–H groups in total. The van der Waals surface area contributed by atoms with Crippen molar-refractivity contribution < 1.29 is 0 Å². The summed E-state index contributed by atoms with van der Waals surface area (Å²) in [4.78, 5) is 0. The van der Waals surface area contributed by atoms with E-state index >= 15 is 0 Å². The lowest BCUT2D eigenvalue weighted by Gasteiger charge is -2.36. The Hall–Kier alpha value is -3.68. The van der Waals surface area contributed by atoms with Gasteiger partial charge in [-0.25, -0.2) is 0 Å². The van der Waals surface area contributed by atoms with Crippen LogP contribution in [0.2, 0.25) is 0 Å².